The molecule has 1 aromatic rings. The van der Waals surface area contributed by atoms with E-state index >= 15 is 0 Å². The van der Waals surface area contributed by atoms with E-state index in [2.05, 4.69) is 11.7 Å². The molecular weight excluding hydrogens is 212 g/mol. The first-order chi connectivity index (χ1) is 5.34. The standard InChI is InChI=1S/C7H6S4/c8-7(10-11-9)6-4-2-1-3-5-6/h1-5,9H. The van der Waals surface area contributed by atoms with E-state index in [0.717, 1.165) is 9.76 Å². The molecule has 1 aromatic carbocycles. The van der Waals surface area contributed by atoms with E-state index in [9.17, 15) is 0 Å². The van der Waals surface area contributed by atoms with Crippen molar-refractivity contribution in [3.8, 4) is 0 Å². The summed E-state index contributed by atoms with van der Waals surface area (Å²) < 4.78 is 0.880. The zero-order valence-corrected chi connectivity index (χ0v) is 8.90. The van der Waals surface area contributed by atoms with E-state index in [1.165, 1.54) is 20.6 Å². The topological polar surface area (TPSA) is 0 Å². The third-order valence-electron chi connectivity index (χ3n) is 1.12. The maximum Gasteiger partial charge on any atom is 0.0893 e. The average Bonchev–Trinajstić information content (AvgIpc) is 2.07. The molecule has 0 spiro atoms. The van der Waals surface area contributed by atoms with Gasteiger partial charge in [-0.3, -0.25) is 0 Å². The van der Waals surface area contributed by atoms with Crippen LogP contribution in [0.2, 0.25) is 0 Å². The third kappa shape index (κ3) is 3.07. The monoisotopic (exact) mass is 218 g/mol. The van der Waals surface area contributed by atoms with Crippen molar-refractivity contribution in [2.45, 2.75) is 0 Å². The first-order valence-corrected chi connectivity index (χ1v) is 6.53. The largest absolute Gasteiger partial charge is 0.0993 e. The van der Waals surface area contributed by atoms with Crippen LogP contribution in [-0.2, 0) is 0 Å². The second kappa shape index (κ2) is 5.09. The van der Waals surface area contributed by atoms with Crippen molar-refractivity contribution in [1.29, 1.82) is 0 Å². The molecule has 0 heterocycles. The lowest BCUT2D eigenvalue weighted by Gasteiger charge is -1.97. The summed E-state index contributed by atoms with van der Waals surface area (Å²) >= 11 is 9.12. The molecule has 0 amide bonds. The van der Waals surface area contributed by atoms with E-state index in [1.54, 1.807) is 0 Å². The number of hydrogen-bond donors (Lipinski definition) is 1. The minimum atomic E-state index is 0.880. The zero-order valence-electron chi connectivity index (χ0n) is 5.56. The SMILES string of the molecule is S=C(SSS)c1ccccc1. The fourth-order valence-corrected chi connectivity index (χ4v) is 3.01. The van der Waals surface area contributed by atoms with Gasteiger partial charge in [0.2, 0.25) is 0 Å². The van der Waals surface area contributed by atoms with Crippen LogP contribution in [-0.4, -0.2) is 4.20 Å². The molecule has 4 heteroatoms. The van der Waals surface area contributed by atoms with Gasteiger partial charge in [0.15, 0.2) is 0 Å². The molecule has 0 N–H and O–H groups in total. The second-order valence-corrected chi connectivity index (χ2v) is 5.49. The average molecular weight is 218 g/mol. The summed E-state index contributed by atoms with van der Waals surface area (Å²) in [6.07, 6.45) is 0. The molecule has 0 unspecified atom stereocenters. The first kappa shape index (κ1) is 9.45. The summed E-state index contributed by atoms with van der Waals surface area (Å²) in [7, 11) is 2.87. The minimum absolute atomic E-state index is 0.880. The van der Waals surface area contributed by atoms with E-state index in [0.29, 0.717) is 0 Å². The molecular formula is C7H6S4. The van der Waals surface area contributed by atoms with Gasteiger partial charge in [0, 0.05) is 0 Å². The lowest BCUT2D eigenvalue weighted by atomic mass is 10.2. The molecule has 1 rings (SSSR count). The van der Waals surface area contributed by atoms with Crippen LogP contribution in [0.3, 0.4) is 0 Å². The summed E-state index contributed by atoms with van der Waals surface area (Å²) in [5.41, 5.74) is 1.09. The predicted molar refractivity (Wildman–Crippen MR) is 62.3 cm³/mol. The highest BCUT2D eigenvalue weighted by molar-refractivity contribution is 9.09. The summed E-state index contributed by atoms with van der Waals surface area (Å²) in [5, 5.41) is 0. The second-order valence-electron chi connectivity index (χ2n) is 1.81. The van der Waals surface area contributed by atoms with Crippen LogP contribution in [0, 0.1) is 0 Å². The highest BCUT2D eigenvalue weighted by Crippen LogP contribution is 2.29. The predicted octanol–water partition coefficient (Wildman–Crippen LogP) is 3.59. The normalized spacial score (nSPS) is 9.55. The molecule has 0 nitrogen and oxygen atoms in total. The van der Waals surface area contributed by atoms with Crippen molar-refractivity contribution in [3.05, 3.63) is 35.9 Å². The molecule has 0 fully saturated rings. The van der Waals surface area contributed by atoms with E-state index in [1.807, 2.05) is 30.3 Å². The smallest absolute Gasteiger partial charge is 0.0893 e. The van der Waals surface area contributed by atoms with Crippen molar-refractivity contribution in [1.82, 2.24) is 0 Å². The molecule has 0 aromatic heterocycles. The number of thiol groups is 1. The van der Waals surface area contributed by atoms with Gasteiger partial charge in [0.1, 0.15) is 0 Å². The highest BCUT2D eigenvalue weighted by Gasteiger charge is 1.98. The maximum absolute atomic E-state index is 5.11. The fraction of sp³-hybridized carbons (Fsp3) is 0. The van der Waals surface area contributed by atoms with Crippen LogP contribution in [0.15, 0.2) is 30.3 Å². The molecule has 0 saturated heterocycles. The third-order valence-corrected chi connectivity index (χ3v) is 3.78. The minimum Gasteiger partial charge on any atom is -0.0993 e. The van der Waals surface area contributed by atoms with Crippen molar-refractivity contribution in [2.24, 2.45) is 0 Å². The van der Waals surface area contributed by atoms with E-state index in [4.69, 9.17) is 12.2 Å². The highest BCUT2D eigenvalue weighted by atomic mass is 33.5. The van der Waals surface area contributed by atoms with E-state index < -0.39 is 0 Å². The lowest BCUT2D eigenvalue weighted by molar-refractivity contribution is 1.69. The van der Waals surface area contributed by atoms with Crippen LogP contribution in [0.1, 0.15) is 5.56 Å². The van der Waals surface area contributed by atoms with E-state index in [-0.39, 0.29) is 0 Å². The molecule has 0 bridgehead atoms. The Labute approximate surface area is 84.4 Å². The van der Waals surface area contributed by atoms with Crippen LogP contribution in [0.4, 0.5) is 0 Å². The summed E-state index contributed by atoms with van der Waals surface area (Å²) in [4.78, 5) is 0. The maximum atomic E-state index is 5.11. The fourth-order valence-electron chi connectivity index (χ4n) is 0.656. The Morgan fingerprint density at radius 2 is 1.91 bits per heavy atom. The van der Waals surface area contributed by atoms with Crippen molar-refractivity contribution >= 4 is 48.7 Å². The molecule has 0 saturated carbocycles. The number of hydrogen-bond acceptors (Lipinski definition) is 4. The molecule has 0 atom stereocenters. The van der Waals surface area contributed by atoms with Gasteiger partial charge in [-0.1, -0.05) is 54.2 Å². The summed E-state index contributed by atoms with van der Waals surface area (Å²) in [6, 6.07) is 9.93. The van der Waals surface area contributed by atoms with Gasteiger partial charge in [0.25, 0.3) is 0 Å². The van der Waals surface area contributed by atoms with Crippen molar-refractivity contribution in [2.75, 3.05) is 0 Å². The van der Waals surface area contributed by atoms with Gasteiger partial charge in [-0.15, -0.1) is 0 Å². The van der Waals surface area contributed by atoms with Gasteiger partial charge >= 0.3 is 0 Å². The summed E-state index contributed by atoms with van der Waals surface area (Å²) in [5.74, 6) is 0. The Hall–Kier alpha value is 0.360. The Balaban J connectivity index is 2.69. The Kier molecular flexibility index (Phi) is 4.37. The zero-order chi connectivity index (χ0) is 8.10. The summed E-state index contributed by atoms with van der Waals surface area (Å²) in [6.45, 7) is 0. The van der Waals surface area contributed by atoms with Crippen molar-refractivity contribution in [3.63, 3.8) is 0 Å². The Morgan fingerprint density at radius 3 is 2.45 bits per heavy atom. The Morgan fingerprint density at radius 1 is 1.27 bits per heavy atom. The number of rotatable bonds is 2. The quantitative estimate of drug-likeness (QED) is 0.458. The molecule has 0 radical (unpaired) electrons. The molecule has 0 aliphatic heterocycles. The van der Waals surface area contributed by atoms with Gasteiger partial charge < -0.3 is 0 Å². The van der Waals surface area contributed by atoms with Gasteiger partial charge in [-0.05, 0) is 26.2 Å². The van der Waals surface area contributed by atoms with Crippen LogP contribution < -0.4 is 0 Å². The van der Waals surface area contributed by atoms with Crippen molar-refractivity contribution < 1.29 is 0 Å². The van der Waals surface area contributed by atoms with Gasteiger partial charge in [0.05, 0.1) is 4.20 Å². The lowest BCUT2D eigenvalue weighted by Crippen LogP contribution is -1.86. The van der Waals surface area contributed by atoms with Gasteiger partial charge in [-0.2, -0.15) is 0 Å². The first-order valence-electron chi connectivity index (χ1n) is 2.92. The number of benzene rings is 1. The van der Waals surface area contributed by atoms with Crippen LogP contribution in [0.5, 0.6) is 0 Å². The van der Waals surface area contributed by atoms with Crippen LogP contribution >= 0.6 is 44.5 Å². The number of thiocarbonyl (C=S) groups is 1. The Bertz CT molecular complexity index is 231. The van der Waals surface area contributed by atoms with Crippen LogP contribution in [0.25, 0.3) is 0 Å². The molecule has 11 heavy (non-hydrogen) atoms. The molecule has 0 aliphatic carbocycles. The van der Waals surface area contributed by atoms with Gasteiger partial charge in [-0.25, -0.2) is 0 Å². The molecule has 58 valence electrons. The molecule has 0 aliphatic rings.